The molecule has 320 valence electrons. The maximum atomic E-state index is 14.7. The molecule has 1 saturated carbocycles. The van der Waals surface area contributed by atoms with Gasteiger partial charge in [0.2, 0.25) is 0 Å². The van der Waals surface area contributed by atoms with Crippen LogP contribution in [0.4, 0.5) is 5.69 Å². The molecule has 0 radical (unpaired) electrons. The number of anilines is 1. The van der Waals surface area contributed by atoms with Gasteiger partial charge in [0, 0.05) is 54.2 Å². The van der Waals surface area contributed by atoms with Crippen LogP contribution in [0.3, 0.4) is 0 Å². The van der Waals surface area contributed by atoms with Gasteiger partial charge in [-0.15, -0.1) is 0 Å². The van der Waals surface area contributed by atoms with Crippen molar-refractivity contribution in [2.24, 2.45) is 33.7 Å². The number of phenolic OH excluding ortho intramolecular Hbond substituents is 2. The Bertz CT molecular complexity index is 2240. The molecule has 13 heteroatoms. The average Bonchev–Trinajstić information content (AvgIpc) is 3.69. The number of amides is 1. The highest BCUT2D eigenvalue weighted by Gasteiger charge is 2.51. The van der Waals surface area contributed by atoms with Gasteiger partial charge < -0.3 is 44.3 Å². The number of fused-ring (bicyclic) bond motifs is 9. The predicted molar refractivity (Wildman–Crippen MR) is 222 cm³/mol. The van der Waals surface area contributed by atoms with E-state index in [2.05, 4.69) is 19.2 Å². The highest BCUT2D eigenvalue weighted by Crippen LogP contribution is 2.50. The van der Waals surface area contributed by atoms with E-state index in [9.17, 15) is 24.9 Å². The predicted octanol–water partition coefficient (Wildman–Crippen LogP) is 6.97. The monoisotopic (exact) mass is 815 g/mol. The standard InChI is InChI=1S/C46H61N3O10/c1-23-17-16-18-24(2)43(54)47-35-34-33(48-46(49-34)20-14-12-11-13-15-21-46)30-31(38(35)52)37(51)27(5)41-32(30)42(53)45(9,59-41)56-22-19-29(55-10)25(3)36(50)26(4)40-28(6)39(23)57-44(7,8)58-40/h16-19,22-23,25-26,28-29,36,39-40,50-52H,11-15,20-21H2,1-10H3,(H,47,54)/b17-16+,22-19+,24-18-/t23-,25+,26-,28+,29-,36+,39-,40-,45-/m0/s1. The first-order valence-electron chi connectivity index (χ1n) is 21.2. The van der Waals surface area contributed by atoms with Crippen LogP contribution in [0, 0.1) is 30.6 Å². The Morgan fingerprint density at radius 3 is 2.15 bits per heavy atom. The molecule has 2 fully saturated rings. The van der Waals surface area contributed by atoms with Gasteiger partial charge in [0.1, 0.15) is 22.5 Å². The van der Waals surface area contributed by atoms with E-state index in [1.807, 2.05) is 39.8 Å². The number of aromatic hydroxyl groups is 2. The van der Waals surface area contributed by atoms with Crippen molar-refractivity contribution in [3.63, 3.8) is 0 Å². The lowest BCUT2D eigenvalue weighted by molar-refractivity contribution is -0.336. The Balaban J connectivity index is 1.41. The SMILES string of the molecule is CO[C@H]1/C=C/O[C@@]2(C)Oc3c(C)c(O)c4c(O)c(c5c(c4c3C2=O)=NC2(CCCCCCC2)N=5)NC(=O)/C(C)=C\C=C\[C@H](C)[C@@H]2OC(C)(C)O[C@@H]([C@@H](C)[C@H](O)[C@@H]1C)[C@@H]2C. The third kappa shape index (κ3) is 7.57. The van der Waals surface area contributed by atoms with E-state index in [4.69, 9.17) is 33.7 Å². The second-order valence-electron chi connectivity index (χ2n) is 18.0. The number of phenols is 2. The summed E-state index contributed by atoms with van der Waals surface area (Å²) in [7, 11) is 1.54. The van der Waals surface area contributed by atoms with Gasteiger partial charge in [-0.05, 0) is 59.5 Å². The number of benzene rings is 2. The number of Topliss-reactive ketones (excluding diaryl/α,β-unsaturated/α-hetero) is 1. The third-order valence-electron chi connectivity index (χ3n) is 13.3. The van der Waals surface area contributed by atoms with Crippen LogP contribution >= 0.6 is 0 Å². The van der Waals surface area contributed by atoms with E-state index in [0.717, 1.165) is 32.1 Å². The van der Waals surface area contributed by atoms with Crippen LogP contribution in [0.15, 0.2) is 46.1 Å². The maximum Gasteiger partial charge on any atom is 0.312 e. The Morgan fingerprint density at radius 2 is 1.47 bits per heavy atom. The summed E-state index contributed by atoms with van der Waals surface area (Å²) in [5.41, 5.74) is -0.218. The maximum absolute atomic E-state index is 14.7. The summed E-state index contributed by atoms with van der Waals surface area (Å²) in [5, 5.41) is 39.4. The van der Waals surface area contributed by atoms with Crippen LogP contribution in [0.5, 0.6) is 17.2 Å². The molecule has 13 nitrogen and oxygen atoms in total. The Hall–Kier alpha value is -4.30. The van der Waals surface area contributed by atoms with Crippen molar-refractivity contribution in [2.75, 3.05) is 12.4 Å². The zero-order valence-electron chi connectivity index (χ0n) is 36.0. The molecule has 6 aliphatic rings. The van der Waals surface area contributed by atoms with Crippen molar-refractivity contribution >= 4 is 28.2 Å². The molecular weight excluding hydrogens is 755 g/mol. The Labute approximate surface area is 346 Å². The molecule has 1 saturated heterocycles. The minimum absolute atomic E-state index is 0.0106. The van der Waals surface area contributed by atoms with Crippen LogP contribution in [-0.4, -0.2) is 75.8 Å². The molecule has 5 aliphatic heterocycles. The van der Waals surface area contributed by atoms with Crippen molar-refractivity contribution in [3.8, 4) is 17.2 Å². The molecule has 0 unspecified atom stereocenters. The van der Waals surface area contributed by atoms with Crippen LogP contribution in [0.1, 0.15) is 116 Å². The Morgan fingerprint density at radius 1 is 0.831 bits per heavy atom. The molecule has 5 heterocycles. The fourth-order valence-electron chi connectivity index (χ4n) is 9.76. The molecule has 9 atom stereocenters. The van der Waals surface area contributed by atoms with E-state index >= 15 is 0 Å². The van der Waals surface area contributed by atoms with E-state index in [0.29, 0.717) is 23.8 Å². The van der Waals surface area contributed by atoms with Gasteiger partial charge in [-0.3, -0.25) is 19.6 Å². The zero-order chi connectivity index (χ0) is 42.8. The summed E-state index contributed by atoms with van der Waals surface area (Å²) in [6.45, 7) is 16.5. The number of nitrogens with one attached hydrogen (secondary N) is 1. The van der Waals surface area contributed by atoms with E-state index < -0.39 is 52.8 Å². The zero-order valence-corrected chi connectivity index (χ0v) is 36.0. The lowest BCUT2D eigenvalue weighted by atomic mass is 9.77. The molecule has 1 amide bonds. The fraction of sp³-hybridized carbons (Fsp3) is 0.609. The number of carbonyl (C=O) groups excluding carboxylic acids is 2. The van der Waals surface area contributed by atoms with Crippen LogP contribution in [-0.2, 0) is 23.7 Å². The first kappa shape index (κ1) is 42.8. The molecule has 4 N–H and O–H groups in total. The van der Waals surface area contributed by atoms with Crippen molar-refractivity contribution in [1.29, 1.82) is 0 Å². The van der Waals surface area contributed by atoms with Crippen molar-refractivity contribution in [3.05, 3.63) is 58.0 Å². The summed E-state index contributed by atoms with van der Waals surface area (Å²) in [4.78, 5) is 39.1. The molecule has 2 aromatic carbocycles. The molecule has 1 spiro atoms. The first-order valence-corrected chi connectivity index (χ1v) is 21.2. The molecule has 1 aliphatic carbocycles. The summed E-state index contributed by atoms with van der Waals surface area (Å²) >= 11 is 0. The number of aliphatic hydroxyl groups is 1. The lowest BCUT2D eigenvalue weighted by Crippen LogP contribution is -2.56. The van der Waals surface area contributed by atoms with Gasteiger partial charge in [-0.25, -0.2) is 0 Å². The number of nitrogens with zero attached hydrogens (tertiary/aromatic N) is 2. The second-order valence-corrected chi connectivity index (χ2v) is 18.0. The molecule has 8 rings (SSSR count). The van der Waals surface area contributed by atoms with Crippen LogP contribution in [0.25, 0.3) is 10.8 Å². The van der Waals surface area contributed by atoms with E-state index in [1.165, 1.54) is 13.2 Å². The Kier molecular flexibility index (Phi) is 11.6. The average molecular weight is 816 g/mol. The van der Waals surface area contributed by atoms with Gasteiger partial charge in [0.15, 0.2) is 17.2 Å². The quantitative estimate of drug-likeness (QED) is 0.220. The third-order valence-corrected chi connectivity index (χ3v) is 13.3. The number of allylic oxidation sites excluding steroid dienone is 2. The summed E-state index contributed by atoms with van der Waals surface area (Å²) < 4.78 is 31.3. The number of hydrogen-bond acceptors (Lipinski definition) is 12. The minimum atomic E-state index is -1.88. The number of hydrogen-bond donors (Lipinski definition) is 4. The van der Waals surface area contributed by atoms with Gasteiger partial charge >= 0.3 is 5.79 Å². The molecule has 7 bridgehead atoms. The highest BCUT2D eigenvalue weighted by molar-refractivity contribution is 6.19. The number of ketones is 1. The second kappa shape index (κ2) is 15.9. The van der Waals surface area contributed by atoms with Gasteiger partial charge in [-0.2, -0.15) is 0 Å². The number of aliphatic hydroxyl groups excluding tert-OH is 1. The number of rotatable bonds is 1. The molecular formula is C46H61N3O10. The van der Waals surface area contributed by atoms with Crippen molar-refractivity contribution in [1.82, 2.24) is 0 Å². The topological polar surface area (TPSA) is 178 Å². The fourth-order valence-corrected chi connectivity index (χ4v) is 9.76. The van der Waals surface area contributed by atoms with Crippen molar-refractivity contribution < 1.29 is 48.6 Å². The minimum Gasteiger partial charge on any atom is -0.507 e. The first-order chi connectivity index (χ1) is 27.8. The van der Waals surface area contributed by atoms with Gasteiger partial charge in [-0.1, -0.05) is 65.2 Å². The smallest absolute Gasteiger partial charge is 0.312 e. The van der Waals surface area contributed by atoms with Crippen molar-refractivity contribution in [2.45, 2.75) is 149 Å². The number of methoxy groups -OCH3 is 1. The molecule has 2 aromatic rings. The van der Waals surface area contributed by atoms with E-state index in [1.54, 1.807) is 33.1 Å². The normalized spacial score (nSPS) is 35.3. The van der Waals surface area contributed by atoms with Gasteiger partial charge in [0.25, 0.3) is 11.7 Å². The van der Waals surface area contributed by atoms with Gasteiger partial charge in [0.05, 0.1) is 47.0 Å². The molecule has 59 heavy (non-hydrogen) atoms. The number of carbonyl (C=O) groups is 2. The largest absolute Gasteiger partial charge is 0.507 e. The number of ether oxygens (including phenoxy) is 5. The summed E-state index contributed by atoms with van der Waals surface area (Å²) in [5.74, 6) is -5.51. The molecule has 0 aromatic heterocycles. The van der Waals surface area contributed by atoms with E-state index in [-0.39, 0.29) is 74.4 Å². The highest BCUT2D eigenvalue weighted by atomic mass is 16.7. The summed E-state index contributed by atoms with van der Waals surface area (Å²) in [6, 6.07) is 0. The van der Waals surface area contributed by atoms with Crippen LogP contribution < -0.4 is 20.8 Å². The lowest BCUT2D eigenvalue weighted by Gasteiger charge is -2.49. The summed E-state index contributed by atoms with van der Waals surface area (Å²) in [6.07, 6.45) is 12.6. The van der Waals surface area contributed by atoms with Crippen LogP contribution in [0.2, 0.25) is 0 Å².